The summed E-state index contributed by atoms with van der Waals surface area (Å²) in [5.41, 5.74) is 0.745. The van der Waals surface area contributed by atoms with E-state index in [9.17, 15) is 13.2 Å². The van der Waals surface area contributed by atoms with E-state index in [1.54, 1.807) is 7.05 Å². The monoisotopic (exact) mass is 265 g/mol. The van der Waals surface area contributed by atoms with E-state index >= 15 is 0 Å². The number of nitrogens with zero attached hydrogens (tertiary/aromatic N) is 3. The third kappa shape index (κ3) is 2.30. The van der Waals surface area contributed by atoms with Gasteiger partial charge in [-0.3, -0.25) is 4.79 Å². The zero-order valence-corrected chi connectivity index (χ0v) is 10.7. The molecule has 0 bridgehead atoms. The van der Waals surface area contributed by atoms with Gasteiger partial charge in [0.25, 0.3) is 0 Å². The lowest BCUT2D eigenvalue weighted by Gasteiger charge is -2.02. The molecule has 2 rings (SSSR count). The van der Waals surface area contributed by atoms with E-state index in [1.807, 2.05) is 0 Å². The largest absolute Gasteiger partial charge is 0.287 e. The number of hydrogen-bond donors (Lipinski definition) is 0. The minimum Gasteiger partial charge on any atom is -0.287 e. The molecule has 7 heteroatoms. The second-order valence-electron chi connectivity index (χ2n) is 3.87. The van der Waals surface area contributed by atoms with Crippen molar-refractivity contribution in [1.29, 1.82) is 0 Å². The van der Waals surface area contributed by atoms with Gasteiger partial charge in [0.2, 0.25) is 5.78 Å². The molecule has 1 heterocycles. The van der Waals surface area contributed by atoms with Crippen LogP contribution in [0.2, 0.25) is 0 Å². The second-order valence-corrected chi connectivity index (χ2v) is 5.88. The first-order valence-corrected chi connectivity index (χ1v) is 6.98. The average molecular weight is 265 g/mol. The highest BCUT2D eigenvalue weighted by Gasteiger charge is 2.14. The quantitative estimate of drug-likeness (QED) is 0.752. The fraction of sp³-hybridized carbons (Fsp3) is 0.182. The summed E-state index contributed by atoms with van der Waals surface area (Å²) in [6, 6.07) is 5.77. The molecule has 0 aliphatic carbocycles. The summed E-state index contributed by atoms with van der Waals surface area (Å²) in [5.74, 6) is -0.248. The molecule has 1 aromatic carbocycles. The number of hydrogen-bond acceptors (Lipinski definition) is 5. The summed E-state index contributed by atoms with van der Waals surface area (Å²) >= 11 is 0. The fourth-order valence-electron chi connectivity index (χ4n) is 1.50. The Morgan fingerprint density at radius 2 is 1.83 bits per heavy atom. The first-order valence-electron chi connectivity index (χ1n) is 5.09. The second kappa shape index (κ2) is 4.34. The van der Waals surface area contributed by atoms with Crippen molar-refractivity contribution in [3.05, 3.63) is 41.7 Å². The maximum atomic E-state index is 12.0. The summed E-state index contributed by atoms with van der Waals surface area (Å²) in [6.07, 6.45) is 2.49. The van der Waals surface area contributed by atoms with Crippen LogP contribution in [0.15, 0.2) is 35.4 Å². The molecule has 0 saturated heterocycles. The van der Waals surface area contributed by atoms with Crippen LogP contribution in [0.5, 0.6) is 0 Å². The highest BCUT2D eigenvalue weighted by Crippen LogP contribution is 2.13. The van der Waals surface area contributed by atoms with Gasteiger partial charge < -0.3 is 0 Å². The molecule has 6 nitrogen and oxygen atoms in total. The van der Waals surface area contributed by atoms with Gasteiger partial charge in [-0.25, -0.2) is 13.1 Å². The maximum absolute atomic E-state index is 12.0. The maximum Gasteiger partial charge on any atom is 0.212 e. The summed E-state index contributed by atoms with van der Waals surface area (Å²) in [7, 11) is -1.63. The lowest BCUT2D eigenvalue weighted by atomic mass is 10.1. The van der Waals surface area contributed by atoms with Crippen LogP contribution in [0.4, 0.5) is 0 Å². The number of benzene rings is 1. The lowest BCUT2D eigenvalue weighted by molar-refractivity contribution is 0.103. The zero-order chi connectivity index (χ0) is 13.3. The molecule has 0 spiro atoms. The van der Waals surface area contributed by atoms with Gasteiger partial charge in [-0.1, -0.05) is 5.21 Å². The number of sulfone groups is 1. The normalized spacial score (nSPS) is 11.4. The van der Waals surface area contributed by atoms with Gasteiger partial charge in [0.05, 0.1) is 11.1 Å². The molecule has 0 atom stereocenters. The Kier molecular flexibility index (Phi) is 3.00. The minimum atomic E-state index is -3.25. The first kappa shape index (κ1) is 12.4. The molecule has 0 aliphatic heterocycles. The van der Waals surface area contributed by atoms with Crippen molar-refractivity contribution in [3.8, 4) is 0 Å². The Bertz CT molecular complexity index is 687. The fourth-order valence-corrected chi connectivity index (χ4v) is 2.13. The Balaban J connectivity index is 2.37. The molecule has 1 aromatic heterocycles. The molecule has 0 aliphatic rings. The Labute approximate surface area is 104 Å². The van der Waals surface area contributed by atoms with Crippen molar-refractivity contribution in [3.63, 3.8) is 0 Å². The number of ketones is 1. The van der Waals surface area contributed by atoms with Crippen molar-refractivity contribution in [2.75, 3.05) is 6.26 Å². The van der Waals surface area contributed by atoms with Crippen molar-refractivity contribution in [2.24, 2.45) is 7.05 Å². The van der Waals surface area contributed by atoms with E-state index < -0.39 is 9.84 Å². The lowest BCUT2D eigenvalue weighted by Crippen LogP contribution is -2.08. The van der Waals surface area contributed by atoms with E-state index in [-0.39, 0.29) is 10.7 Å². The summed E-state index contributed by atoms with van der Waals surface area (Å²) in [6.45, 7) is 0. The topological polar surface area (TPSA) is 81.9 Å². The smallest absolute Gasteiger partial charge is 0.212 e. The van der Waals surface area contributed by atoms with Crippen LogP contribution in [0.3, 0.4) is 0 Å². The molecule has 0 fully saturated rings. The van der Waals surface area contributed by atoms with E-state index in [4.69, 9.17) is 0 Å². The van der Waals surface area contributed by atoms with E-state index in [1.165, 1.54) is 35.1 Å². The highest BCUT2D eigenvalue weighted by atomic mass is 32.2. The Morgan fingerprint density at radius 3 is 2.28 bits per heavy atom. The predicted octanol–water partition coefficient (Wildman–Crippen LogP) is 0.450. The van der Waals surface area contributed by atoms with Crippen LogP contribution in [0.1, 0.15) is 16.1 Å². The SMILES string of the molecule is Cn1nncc1C(=O)c1ccc(S(C)(=O)=O)cc1. The van der Waals surface area contributed by atoms with Gasteiger partial charge in [0, 0.05) is 18.9 Å². The molecule has 0 N–H and O–H groups in total. The van der Waals surface area contributed by atoms with Gasteiger partial charge in [0.1, 0.15) is 5.69 Å². The van der Waals surface area contributed by atoms with Gasteiger partial charge in [0.15, 0.2) is 9.84 Å². The average Bonchev–Trinajstić information content (AvgIpc) is 2.73. The van der Waals surface area contributed by atoms with Crippen LogP contribution in [-0.4, -0.2) is 35.5 Å². The molecule has 0 saturated carbocycles. The minimum absolute atomic E-state index is 0.183. The molecule has 18 heavy (non-hydrogen) atoms. The number of carbonyl (C=O) groups excluding carboxylic acids is 1. The van der Waals surface area contributed by atoms with Crippen molar-refractivity contribution in [1.82, 2.24) is 15.0 Å². The third-order valence-electron chi connectivity index (χ3n) is 2.49. The first-order chi connectivity index (χ1) is 8.39. The van der Waals surface area contributed by atoms with Crippen molar-refractivity contribution >= 4 is 15.6 Å². The highest BCUT2D eigenvalue weighted by molar-refractivity contribution is 7.90. The molecular weight excluding hydrogens is 254 g/mol. The van der Waals surface area contributed by atoms with E-state index in [2.05, 4.69) is 10.3 Å². The Morgan fingerprint density at radius 1 is 1.22 bits per heavy atom. The standard InChI is InChI=1S/C11H11N3O3S/c1-14-10(7-12-13-14)11(15)8-3-5-9(6-4-8)18(2,16)17/h3-7H,1-2H3. The number of rotatable bonds is 3. The van der Waals surface area contributed by atoms with Gasteiger partial charge >= 0.3 is 0 Å². The van der Waals surface area contributed by atoms with E-state index in [0.717, 1.165) is 6.26 Å². The molecule has 94 valence electrons. The van der Waals surface area contributed by atoms with Crippen molar-refractivity contribution in [2.45, 2.75) is 4.90 Å². The third-order valence-corrected chi connectivity index (χ3v) is 3.62. The van der Waals surface area contributed by atoms with E-state index in [0.29, 0.717) is 11.3 Å². The summed E-state index contributed by atoms with van der Waals surface area (Å²) in [5, 5.41) is 7.29. The number of aryl methyl sites for hydroxylation is 1. The van der Waals surface area contributed by atoms with Crippen molar-refractivity contribution < 1.29 is 13.2 Å². The van der Waals surface area contributed by atoms with Crippen LogP contribution in [0.25, 0.3) is 0 Å². The molecule has 0 radical (unpaired) electrons. The predicted molar refractivity (Wildman–Crippen MR) is 64.0 cm³/mol. The summed E-state index contributed by atoms with van der Waals surface area (Å²) < 4.78 is 23.9. The van der Waals surface area contributed by atoms with Gasteiger partial charge in [-0.05, 0) is 24.3 Å². The summed E-state index contributed by atoms with van der Waals surface area (Å²) in [4.78, 5) is 12.2. The van der Waals surface area contributed by atoms with Gasteiger partial charge in [-0.2, -0.15) is 0 Å². The molecule has 0 amide bonds. The van der Waals surface area contributed by atoms with Crippen LogP contribution in [0, 0.1) is 0 Å². The zero-order valence-electron chi connectivity index (χ0n) is 9.86. The Hall–Kier alpha value is -2.02. The number of carbonyl (C=O) groups is 1. The molecular formula is C11H11N3O3S. The van der Waals surface area contributed by atoms with Crippen LogP contribution >= 0.6 is 0 Å². The number of aromatic nitrogens is 3. The van der Waals surface area contributed by atoms with Crippen LogP contribution < -0.4 is 0 Å². The molecule has 0 unspecified atom stereocenters. The molecule has 2 aromatic rings. The van der Waals surface area contributed by atoms with Crippen LogP contribution in [-0.2, 0) is 16.9 Å². The van der Waals surface area contributed by atoms with Gasteiger partial charge in [-0.15, -0.1) is 5.10 Å².